The number of carbonyl (C=O) groups excluding carboxylic acids is 1. The molecule has 1 N–H and O–H groups in total. The number of thiazole rings is 1. The van der Waals surface area contributed by atoms with E-state index in [0.717, 1.165) is 36.6 Å². The van der Waals surface area contributed by atoms with Gasteiger partial charge in [-0.3, -0.25) is 9.69 Å². The molecule has 0 bridgehead atoms. The number of hydrogen-bond acceptors (Lipinski definition) is 7. The van der Waals surface area contributed by atoms with Crippen LogP contribution in [0.1, 0.15) is 30.8 Å². The Morgan fingerprint density at radius 1 is 1.24 bits per heavy atom. The van der Waals surface area contributed by atoms with Gasteiger partial charge in [0.2, 0.25) is 0 Å². The highest BCUT2D eigenvalue weighted by Gasteiger charge is 2.21. The summed E-state index contributed by atoms with van der Waals surface area (Å²) in [4.78, 5) is 19.3. The van der Waals surface area contributed by atoms with Crippen molar-refractivity contribution in [2.75, 3.05) is 40.4 Å². The van der Waals surface area contributed by atoms with Gasteiger partial charge in [-0.15, -0.1) is 11.3 Å². The van der Waals surface area contributed by atoms with Crippen LogP contribution in [0.3, 0.4) is 0 Å². The lowest BCUT2D eigenvalue weighted by Crippen LogP contribution is -2.46. The summed E-state index contributed by atoms with van der Waals surface area (Å²) in [5, 5.41) is 5.52. The third-order valence-electron chi connectivity index (χ3n) is 4.80. The Hall–Kier alpha value is -2.16. The van der Waals surface area contributed by atoms with Crippen molar-refractivity contribution < 1.29 is 19.0 Å². The molecule has 7 nitrogen and oxygen atoms in total. The molecule has 0 aliphatic carbocycles. The highest BCUT2D eigenvalue weighted by molar-refractivity contribution is 7.13. The third kappa shape index (κ3) is 5.68. The fourth-order valence-electron chi connectivity index (χ4n) is 3.54. The van der Waals surface area contributed by atoms with Gasteiger partial charge in [-0.2, -0.15) is 0 Å². The van der Waals surface area contributed by atoms with E-state index < -0.39 is 0 Å². The van der Waals surface area contributed by atoms with E-state index in [2.05, 4.69) is 29.0 Å². The summed E-state index contributed by atoms with van der Waals surface area (Å²) in [5.74, 6) is 1.16. The summed E-state index contributed by atoms with van der Waals surface area (Å²) >= 11 is 1.44. The van der Waals surface area contributed by atoms with Crippen molar-refractivity contribution in [3.63, 3.8) is 0 Å². The Kier molecular flexibility index (Phi) is 7.46. The number of carbonyl (C=O) groups is 1. The summed E-state index contributed by atoms with van der Waals surface area (Å²) in [6, 6.07) is 5.61. The van der Waals surface area contributed by atoms with Gasteiger partial charge in [-0.05, 0) is 38.5 Å². The molecule has 1 saturated heterocycles. The van der Waals surface area contributed by atoms with E-state index in [1.807, 2.05) is 18.2 Å². The lowest BCUT2D eigenvalue weighted by atomic mass is 10.2. The first-order valence-electron chi connectivity index (χ1n) is 9.84. The quantitative estimate of drug-likeness (QED) is 0.663. The minimum absolute atomic E-state index is 0.142. The number of methoxy groups -OCH3 is 2. The fourth-order valence-corrected chi connectivity index (χ4v) is 4.34. The number of nitrogens with zero attached hydrogens (tertiary/aromatic N) is 2. The fraction of sp³-hybridized carbons (Fsp3) is 0.524. The van der Waals surface area contributed by atoms with Crippen molar-refractivity contribution in [2.24, 2.45) is 0 Å². The van der Waals surface area contributed by atoms with E-state index in [1.165, 1.54) is 11.3 Å². The molecule has 8 heteroatoms. The Labute approximate surface area is 176 Å². The van der Waals surface area contributed by atoms with Gasteiger partial charge in [0.15, 0.2) is 11.5 Å². The van der Waals surface area contributed by atoms with Crippen molar-refractivity contribution in [3.05, 3.63) is 29.3 Å². The van der Waals surface area contributed by atoms with Crippen LogP contribution in [0.4, 0.5) is 0 Å². The lowest BCUT2D eigenvalue weighted by molar-refractivity contribution is -0.0679. The topological polar surface area (TPSA) is 72.9 Å². The maximum absolute atomic E-state index is 12.4. The van der Waals surface area contributed by atoms with Crippen LogP contribution in [0, 0.1) is 0 Å². The molecule has 0 radical (unpaired) electrons. The molecule has 1 aromatic carbocycles. The second-order valence-electron chi connectivity index (χ2n) is 7.23. The van der Waals surface area contributed by atoms with Crippen molar-refractivity contribution in [1.82, 2.24) is 15.2 Å². The van der Waals surface area contributed by atoms with Gasteiger partial charge in [0.05, 0.1) is 26.4 Å². The number of benzene rings is 1. The molecule has 158 valence electrons. The summed E-state index contributed by atoms with van der Waals surface area (Å²) in [6.07, 6.45) is 1.43. The first-order valence-corrected chi connectivity index (χ1v) is 10.7. The number of amides is 1. The first kappa shape index (κ1) is 21.5. The summed E-state index contributed by atoms with van der Waals surface area (Å²) < 4.78 is 16.4. The highest BCUT2D eigenvalue weighted by Crippen LogP contribution is 2.33. The zero-order chi connectivity index (χ0) is 20.8. The Morgan fingerprint density at radius 2 is 1.97 bits per heavy atom. The number of ether oxygens (including phenoxy) is 3. The van der Waals surface area contributed by atoms with Crippen LogP contribution in [-0.4, -0.2) is 68.4 Å². The van der Waals surface area contributed by atoms with Gasteiger partial charge in [-0.25, -0.2) is 4.98 Å². The van der Waals surface area contributed by atoms with Crippen molar-refractivity contribution in [3.8, 4) is 22.1 Å². The molecule has 3 rings (SSSR count). The smallest absolute Gasteiger partial charge is 0.270 e. The van der Waals surface area contributed by atoms with Gasteiger partial charge in [0.1, 0.15) is 10.7 Å². The molecule has 1 fully saturated rings. The van der Waals surface area contributed by atoms with Gasteiger partial charge in [0, 0.05) is 37.1 Å². The van der Waals surface area contributed by atoms with Crippen LogP contribution < -0.4 is 14.8 Å². The molecule has 0 unspecified atom stereocenters. The predicted molar refractivity (Wildman–Crippen MR) is 114 cm³/mol. The van der Waals surface area contributed by atoms with Crippen LogP contribution in [0.2, 0.25) is 0 Å². The molecule has 1 aliphatic heterocycles. The van der Waals surface area contributed by atoms with Crippen LogP contribution in [0.15, 0.2) is 23.6 Å². The molecule has 0 spiro atoms. The molecular weight excluding hydrogens is 390 g/mol. The molecule has 1 aromatic heterocycles. The summed E-state index contributed by atoms with van der Waals surface area (Å²) in [7, 11) is 3.20. The lowest BCUT2D eigenvalue weighted by Gasteiger charge is -2.35. The van der Waals surface area contributed by atoms with Crippen molar-refractivity contribution in [1.29, 1.82) is 0 Å². The molecule has 1 amide bonds. The Morgan fingerprint density at radius 3 is 2.66 bits per heavy atom. The number of morpholine rings is 1. The van der Waals surface area contributed by atoms with E-state index in [4.69, 9.17) is 14.2 Å². The Bertz CT molecular complexity index is 816. The molecule has 1 aliphatic rings. The normalized spacial score (nSPS) is 19.7. The average molecular weight is 420 g/mol. The maximum atomic E-state index is 12.4. The van der Waals surface area contributed by atoms with Gasteiger partial charge >= 0.3 is 0 Å². The molecular formula is C21H29N3O4S. The number of hydrogen-bond donors (Lipinski definition) is 1. The van der Waals surface area contributed by atoms with E-state index >= 15 is 0 Å². The van der Waals surface area contributed by atoms with E-state index in [1.54, 1.807) is 19.6 Å². The second kappa shape index (κ2) is 10.0. The zero-order valence-corrected chi connectivity index (χ0v) is 18.3. The number of aromatic nitrogens is 1. The predicted octanol–water partition coefficient (Wildman–Crippen LogP) is 3.06. The summed E-state index contributed by atoms with van der Waals surface area (Å²) in [6.45, 7) is 7.66. The van der Waals surface area contributed by atoms with Gasteiger partial charge < -0.3 is 19.5 Å². The molecule has 29 heavy (non-hydrogen) atoms. The SMILES string of the molecule is COc1ccc(-c2nc(C(=O)NCCCN3C[C@@H](C)O[C@H](C)C3)cs2)cc1OC. The van der Waals surface area contributed by atoms with Crippen molar-refractivity contribution >= 4 is 17.2 Å². The van der Waals surface area contributed by atoms with E-state index in [9.17, 15) is 4.79 Å². The second-order valence-corrected chi connectivity index (χ2v) is 8.09. The van der Waals surface area contributed by atoms with Crippen LogP contribution in [-0.2, 0) is 4.74 Å². The number of nitrogens with one attached hydrogen (secondary N) is 1. The van der Waals surface area contributed by atoms with Crippen LogP contribution in [0.25, 0.3) is 10.6 Å². The van der Waals surface area contributed by atoms with Gasteiger partial charge in [0.25, 0.3) is 5.91 Å². The van der Waals surface area contributed by atoms with E-state index in [-0.39, 0.29) is 18.1 Å². The molecule has 2 heterocycles. The number of rotatable bonds is 8. The minimum atomic E-state index is -0.142. The maximum Gasteiger partial charge on any atom is 0.270 e. The zero-order valence-electron chi connectivity index (χ0n) is 17.4. The minimum Gasteiger partial charge on any atom is -0.493 e. The summed E-state index contributed by atoms with van der Waals surface area (Å²) in [5.41, 5.74) is 1.33. The highest BCUT2D eigenvalue weighted by atomic mass is 32.1. The first-order chi connectivity index (χ1) is 14.0. The standard InChI is InChI=1S/C21H29N3O4S/c1-14-11-24(12-15(2)28-14)9-5-8-22-20(25)17-13-29-21(23-17)16-6-7-18(26-3)19(10-16)27-4/h6-7,10,13-15H,5,8-9,11-12H2,1-4H3,(H,22,25)/t14-,15-/m1/s1. The average Bonchev–Trinajstić information content (AvgIpc) is 3.20. The largest absolute Gasteiger partial charge is 0.493 e. The molecule has 0 saturated carbocycles. The van der Waals surface area contributed by atoms with Gasteiger partial charge in [-0.1, -0.05) is 0 Å². The molecule has 2 atom stereocenters. The Balaban J connectivity index is 1.50. The van der Waals surface area contributed by atoms with Crippen molar-refractivity contribution in [2.45, 2.75) is 32.5 Å². The van der Waals surface area contributed by atoms with E-state index in [0.29, 0.717) is 23.7 Å². The monoisotopic (exact) mass is 419 g/mol. The van der Waals surface area contributed by atoms with Crippen LogP contribution >= 0.6 is 11.3 Å². The third-order valence-corrected chi connectivity index (χ3v) is 5.69. The molecule has 2 aromatic rings. The van der Waals surface area contributed by atoms with Crippen LogP contribution in [0.5, 0.6) is 11.5 Å².